The Morgan fingerprint density at radius 3 is 2.55 bits per heavy atom. The van der Waals surface area contributed by atoms with Crippen molar-refractivity contribution >= 4 is 23.2 Å². The highest BCUT2D eigenvalue weighted by atomic mass is 35.5. The number of aliphatic hydroxyl groups excluding tert-OH is 1. The van der Waals surface area contributed by atoms with Crippen molar-refractivity contribution in [3.63, 3.8) is 0 Å². The highest BCUT2D eigenvalue weighted by Gasteiger charge is 2.10. The first-order valence-electron chi connectivity index (χ1n) is 6.32. The number of ether oxygens (including phenoxy) is 1. The number of halogens is 2. The summed E-state index contributed by atoms with van der Waals surface area (Å²) < 4.78 is 5.77. The van der Waals surface area contributed by atoms with Gasteiger partial charge in [-0.2, -0.15) is 0 Å². The van der Waals surface area contributed by atoms with Crippen LogP contribution in [0.2, 0.25) is 10.0 Å². The van der Waals surface area contributed by atoms with E-state index in [9.17, 15) is 5.11 Å². The highest BCUT2D eigenvalue weighted by molar-refractivity contribution is 6.35. The SMILES string of the molecule is Cc1ccc(OCc2ccc(Cl)cc2Cl)c([C@H](C)O)c1. The van der Waals surface area contributed by atoms with Gasteiger partial charge in [0.1, 0.15) is 12.4 Å². The van der Waals surface area contributed by atoms with Gasteiger partial charge in [-0.1, -0.05) is 40.9 Å². The maximum atomic E-state index is 9.79. The van der Waals surface area contributed by atoms with Gasteiger partial charge in [-0.05, 0) is 38.1 Å². The molecule has 4 heteroatoms. The van der Waals surface area contributed by atoms with E-state index in [1.54, 1.807) is 19.1 Å². The molecule has 20 heavy (non-hydrogen) atoms. The lowest BCUT2D eigenvalue weighted by Gasteiger charge is -2.15. The van der Waals surface area contributed by atoms with Crippen molar-refractivity contribution in [1.29, 1.82) is 0 Å². The predicted octanol–water partition coefficient (Wildman–Crippen LogP) is 4.93. The molecule has 0 heterocycles. The van der Waals surface area contributed by atoms with Crippen LogP contribution in [0.3, 0.4) is 0 Å². The molecule has 2 nitrogen and oxygen atoms in total. The van der Waals surface area contributed by atoms with Crippen molar-refractivity contribution < 1.29 is 9.84 Å². The molecule has 1 N–H and O–H groups in total. The van der Waals surface area contributed by atoms with Gasteiger partial charge in [0, 0.05) is 21.2 Å². The molecule has 0 spiro atoms. The van der Waals surface area contributed by atoms with Gasteiger partial charge in [0.05, 0.1) is 6.10 Å². The zero-order valence-corrected chi connectivity index (χ0v) is 12.9. The minimum Gasteiger partial charge on any atom is -0.488 e. The van der Waals surface area contributed by atoms with Crippen LogP contribution in [-0.4, -0.2) is 5.11 Å². The lowest BCUT2D eigenvalue weighted by Crippen LogP contribution is -2.02. The average molecular weight is 311 g/mol. The van der Waals surface area contributed by atoms with Gasteiger partial charge >= 0.3 is 0 Å². The Bertz CT molecular complexity index is 609. The first-order chi connectivity index (χ1) is 9.47. The third kappa shape index (κ3) is 3.66. The standard InChI is InChI=1S/C16H16Cl2O2/c1-10-3-6-16(14(7-10)11(2)19)20-9-12-4-5-13(17)8-15(12)18/h3-8,11,19H,9H2,1-2H3/t11-/m0/s1. The summed E-state index contributed by atoms with van der Waals surface area (Å²) in [6.07, 6.45) is -0.578. The van der Waals surface area contributed by atoms with Crippen LogP contribution in [-0.2, 0) is 6.61 Å². The summed E-state index contributed by atoms with van der Waals surface area (Å²) in [6, 6.07) is 11.0. The van der Waals surface area contributed by atoms with E-state index < -0.39 is 6.10 Å². The van der Waals surface area contributed by atoms with Gasteiger partial charge in [-0.3, -0.25) is 0 Å². The molecular formula is C16H16Cl2O2. The van der Waals surface area contributed by atoms with Crippen molar-refractivity contribution in [3.8, 4) is 5.75 Å². The van der Waals surface area contributed by atoms with E-state index in [1.165, 1.54) is 0 Å². The minimum atomic E-state index is -0.578. The monoisotopic (exact) mass is 310 g/mol. The zero-order chi connectivity index (χ0) is 14.7. The normalized spacial score (nSPS) is 12.2. The van der Waals surface area contributed by atoms with Gasteiger partial charge in [0.15, 0.2) is 0 Å². The van der Waals surface area contributed by atoms with Crippen LogP contribution >= 0.6 is 23.2 Å². The van der Waals surface area contributed by atoms with Crippen LogP contribution < -0.4 is 4.74 Å². The van der Waals surface area contributed by atoms with Gasteiger partial charge < -0.3 is 9.84 Å². The van der Waals surface area contributed by atoms with Crippen LogP contribution in [0.4, 0.5) is 0 Å². The van der Waals surface area contributed by atoms with Crippen LogP contribution in [0.5, 0.6) is 5.75 Å². The van der Waals surface area contributed by atoms with Crippen LogP contribution in [0.1, 0.15) is 29.7 Å². The molecule has 0 fully saturated rings. The van der Waals surface area contributed by atoms with Gasteiger partial charge in [-0.15, -0.1) is 0 Å². The zero-order valence-electron chi connectivity index (χ0n) is 11.4. The summed E-state index contributed by atoms with van der Waals surface area (Å²) in [6.45, 7) is 4.03. The van der Waals surface area contributed by atoms with E-state index in [0.29, 0.717) is 22.4 Å². The second kappa shape index (κ2) is 6.49. The molecule has 106 valence electrons. The van der Waals surface area contributed by atoms with E-state index in [1.807, 2.05) is 31.2 Å². The van der Waals surface area contributed by atoms with E-state index in [4.69, 9.17) is 27.9 Å². The number of benzene rings is 2. The molecule has 0 radical (unpaired) electrons. The summed E-state index contributed by atoms with van der Waals surface area (Å²) in [7, 11) is 0. The van der Waals surface area contributed by atoms with Crippen LogP contribution in [0.15, 0.2) is 36.4 Å². The van der Waals surface area contributed by atoms with Crippen molar-refractivity contribution in [1.82, 2.24) is 0 Å². The van der Waals surface area contributed by atoms with Gasteiger partial charge in [0.25, 0.3) is 0 Å². The third-order valence-electron chi connectivity index (χ3n) is 3.01. The molecule has 0 aliphatic carbocycles. The Balaban J connectivity index is 2.18. The van der Waals surface area contributed by atoms with E-state index in [0.717, 1.165) is 16.7 Å². The summed E-state index contributed by atoms with van der Waals surface area (Å²) in [5, 5.41) is 11.0. The molecule has 1 atom stereocenters. The number of hydrogen-bond donors (Lipinski definition) is 1. The van der Waals surface area contributed by atoms with Gasteiger partial charge in [0.2, 0.25) is 0 Å². The maximum Gasteiger partial charge on any atom is 0.125 e. The van der Waals surface area contributed by atoms with Gasteiger partial charge in [-0.25, -0.2) is 0 Å². The molecule has 2 aromatic rings. The molecule has 0 aliphatic rings. The summed E-state index contributed by atoms with van der Waals surface area (Å²) in [5.74, 6) is 0.664. The molecular weight excluding hydrogens is 295 g/mol. The summed E-state index contributed by atoms with van der Waals surface area (Å²) in [4.78, 5) is 0. The lowest BCUT2D eigenvalue weighted by atomic mass is 10.1. The summed E-state index contributed by atoms with van der Waals surface area (Å²) >= 11 is 12.0. The van der Waals surface area contributed by atoms with E-state index in [-0.39, 0.29) is 0 Å². The average Bonchev–Trinajstić information content (AvgIpc) is 2.38. The topological polar surface area (TPSA) is 29.5 Å². The van der Waals surface area contributed by atoms with Crippen LogP contribution in [0.25, 0.3) is 0 Å². The quantitative estimate of drug-likeness (QED) is 0.867. The molecule has 0 aromatic heterocycles. The molecule has 0 amide bonds. The van der Waals surface area contributed by atoms with Crippen molar-refractivity contribution in [3.05, 3.63) is 63.1 Å². The van der Waals surface area contributed by atoms with E-state index >= 15 is 0 Å². The van der Waals surface area contributed by atoms with Crippen LogP contribution in [0, 0.1) is 6.92 Å². The Hall–Kier alpha value is -1.22. The number of rotatable bonds is 4. The Morgan fingerprint density at radius 2 is 1.90 bits per heavy atom. The molecule has 0 unspecified atom stereocenters. The molecule has 2 aromatic carbocycles. The fourth-order valence-corrected chi connectivity index (χ4v) is 2.38. The molecule has 0 saturated carbocycles. The molecule has 0 saturated heterocycles. The maximum absolute atomic E-state index is 9.79. The van der Waals surface area contributed by atoms with Crippen molar-refractivity contribution in [2.24, 2.45) is 0 Å². The summed E-state index contributed by atoms with van der Waals surface area (Å²) in [5.41, 5.74) is 2.71. The fourth-order valence-electron chi connectivity index (χ4n) is 1.92. The minimum absolute atomic E-state index is 0.332. The molecule has 0 aliphatic heterocycles. The highest BCUT2D eigenvalue weighted by Crippen LogP contribution is 2.28. The second-order valence-corrected chi connectivity index (χ2v) is 5.59. The predicted molar refractivity (Wildman–Crippen MR) is 82.6 cm³/mol. The Morgan fingerprint density at radius 1 is 1.15 bits per heavy atom. The van der Waals surface area contributed by atoms with Crippen molar-refractivity contribution in [2.75, 3.05) is 0 Å². The number of hydrogen-bond acceptors (Lipinski definition) is 2. The number of aryl methyl sites for hydroxylation is 1. The van der Waals surface area contributed by atoms with E-state index in [2.05, 4.69) is 0 Å². The Labute approximate surface area is 128 Å². The molecule has 0 bridgehead atoms. The lowest BCUT2D eigenvalue weighted by molar-refractivity contribution is 0.190. The smallest absolute Gasteiger partial charge is 0.125 e. The van der Waals surface area contributed by atoms with Crippen molar-refractivity contribution in [2.45, 2.75) is 26.6 Å². The largest absolute Gasteiger partial charge is 0.488 e. The third-order valence-corrected chi connectivity index (χ3v) is 3.60. The fraction of sp³-hybridized carbons (Fsp3) is 0.250. The number of aliphatic hydroxyl groups is 1. The Kier molecular flexibility index (Phi) is 4.92. The first kappa shape index (κ1) is 15.2. The second-order valence-electron chi connectivity index (χ2n) is 4.74. The molecule has 2 rings (SSSR count). The first-order valence-corrected chi connectivity index (χ1v) is 7.08.